The van der Waals surface area contributed by atoms with E-state index in [4.69, 9.17) is 22.3 Å². The van der Waals surface area contributed by atoms with Gasteiger partial charge in [0, 0.05) is 30.2 Å². The molecule has 0 bridgehead atoms. The number of nitrogens with two attached hydrogens (primary N) is 1. The van der Waals surface area contributed by atoms with Crippen LogP contribution >= 0.6 is 23.4 Å². The molecule has 0 aromatic carbocycles. The monoisotopic (exact) mass is 415 g/mol. The average Bonchev–Trinajstić information content (AvgIpc) is 2.97. The van der Waals surface area contributed by atoms with Crippen molar-refractivity contribution in [3.8, 4) is 0 Å². The molecule has 1 atom stereocenters. The largest absolute Gasteiger partial charge is 0.382 e. The minimum absolute atomic E-state index is 0.315. The lowest BCUT2D eigenvalue weighted by Gasteiger charge is -2.21. The zero-order valence-electron chi connectivity index (χ0n) is 15.6. The van der Waals surface area contributed by atoms with Crippen molar-refractivity contribution in [2.45, 2.75) is 35.2 Å². The molecule has 1 unspecified atom stereocenters. The van der Waals surface area contributed by atoms with Gasteiger partial charge in [0.1, 0.15) is 22.2 Å². The van der Waals surface area contributed by atoms with Gasteiger partial charge in [0.25, 0.3) is 0 Å². The molecule has 4 heterocycles. The Bertz CT molecular complexity index is 984. The van der Waals surface area contributed by atoms with Gasteiger partial charge < -0.3 is 16.0 Å². The topological polar surface area (TPSA) is 92.8 Å². The number of pyridine rings is 2. The summed E-state index contributed by atoms with van der Waals surface area (Å²) in [5, 5.41) is 4.61. The van der Waals surface area contributed by atoms with Crippen molar-refractivity contribution in [2.24, 2.45) is 0 Å². The lowest BCUT2D eigenvalue weighted by atomic mass is 10.1. The van der Waals surface area contributed by atoms with Crippen molar-refractivity contribution in [2.75, 3.05) is 30.8 Å². The van der Waals surface area contributed by atoms with E-state index in [0.717, 1.165) is 47.2 Å². The number of anilines is 2. The smallest absolute Gasteiger partial charge is 0.179 e. The van der Waals surface area contributed by atoms with E-state index in [2.05, 4.69) is 25.2 Å². The van der Waals surface area contributed by atoms with Crippen molar-refractivity contribution in [1.82, 2.24) is 25.3 Å². The molecule has 0 amide bonds. The SMILES string of the molecule is CNC1CCCN(c2cnc3nc(Sc4ccnc(N)c4Cl)ccc3n2)CC1. The van der Waals surface area contributed by atoms with Crippen LogP contribution in [0.4, 0.5) is 11.6 Å². The van der Waals surface area contributed by atoms with Crippen LogP contribution in [0, 0.1) is 0 Å². The van der Waals surface area contributed by atoms with Crippen LogP contribution in [0.5, 0.6) is 0 Å². The second-order valence-electron chi connectivity index (χ2n) is 6.73. The molecule has 1 aliphatic heterocycles. The highest BCUT2D eigenvalue weighted by Crippen LogP contribution is 2.34. The van der Waals surface area contributed by atoms with Crippen molar-refractivity contribution in [3.63, 3.8) is 0 Å². The van der Waals surface area contributed by atoms with Gasteiger partial charge >= 0.3 is 0 Å². The number of nitrogens with zero attached hydrogens (tertiary/aromatic N) is 5. The molecule has 3 aromatic heterocycles. The van der Waals surface area contributed by atoms with Crippen LogP contribution in [-0.2, 0) is 0 Å². The van der Waals surface area contributed by atoms with Gasteiger partial charge in [-0.1, -0.05) is 23.4 Å². The lowest BCUT2D eigenvalue weighted by molar-refractivity contribution is 0.512. The van der Waals surface area contributed by atoms with E-state index in [9.17, 15) is 0 Å². The zero-order chi connectivity index (χ0) is 19.5. The first-order chi connectivity index (χ1) is 13.6. The predicted octanol–water partition coefficient (Wildman–Crippen LogP) is 3.38. The Morgan fingerprint density at radius 3 is 2.93 bits per heavy atom. The molecular weight excluding hydrogens is 394 g/mol. The Kier molecular flexibility index (Phi) is 5.79. The molecule has 1 aliphatic rings. The van der Waals surface area contributed by atoms with Crippen molar-refractivity contribution >= 4 is 46.2 Å². The lowest BCUT2D eigenvalue weighted by Crippen LogP contribution is -2.28. The molecule has 0 aliphatic carbocycles. The summed E-state index contributed by atoms with van der Waals surface area (Å²) >= 11 is 7.66. The van der Waals surface area contributed by atoms with Gasteiger partial charge in [0.2, 0.25) is 0 Å². The third-order valence-corrected chi connectivity index (χ3v) is 6.43. The first kappa shape index (κ1) is 19.2. The minimum atomic E-state index is 0.315. The quantitative estimate of drug-likeness (QED) is 0.669. The Labute approximate surface area is 173 Å². The van der Waals surface area contributed by atoms with Gasteiger partial charge in [-0.15, -0.1) is 0 Å². The molecule has 3 N–H and O–H groups in total. The van der Waals surface area contributed by atoms with Crippen LogP contribution < -0.4 is 16.0 Å². The van der Waals surface area contributed by atoms with E-state index < -0.39 is 0 Å². The molecule has 1 fully saturated rings. The number of fused-ring (bicyclic) bond motifs is 1. The Morgan fingerprint density at radius 2 is 2.07 bits per heavy atom. The number of rotatable bonds is 4. The molecule has 9 heteroatoms. The summed E-state index contributed by atoms with van der Waals surface area (Å²) in [5.41, 5.74) is 7.18. The molecule has 3 aromatic rings. The van der Waals surface area contributed by atoms with Crippen LogP contribution in [0.3, 0.4) is 0 Å². The van der Waals surface area contributed by atoms with E-state index >= 15 is 0 Å². The van der Waals surface area contributed by atoms with E-state index in [1.54, 1.807) is 6.20 Å². The number of hydrogen-bond donors (Lipinski definition) is 2. The third kappa shape index (κ3) is 4.14. The van der Waals surface area contributed by atoms with Crippen molar-refractivity contribution in [1.29, 1.82) is 0 Å². The van der Waals surface area contributed by atoms with Crippen LogP contribution in [0.1, 0.15) is 19.3 Å². The van der Waals surface area contributed by atoms with Gasteiger partial charge in [-0.25, -0.2) is 19.9 Å². The molecule has 28 heavy (non-hydrogen) atoms. The van der Waals surface area contributed by atoms with E-state index in [1.807, 2.05) is 31.4 Å². The van der Waals surface area contributed by atoms with Crippen molar-refractivity contribution < 1.29 is 0 Å². The standard InChI is InChI=1S/C19H22ClN7S/c1-22-12-3-2-9-27(10-7-12)15-11-24-19-13(25-15)4-5-16(26-19)28-14-6-8-23-18(21)17(14)20/h4-6,8,11-12,22H,2-3,7,9-10H2,1H3,(H2,21,23). The molecule has 0 saturated carbocycles. The number of halogens is 1. The number of nitrogen functional groups attached to an aromatic ring is 1. The molecule has 0 spiro atoms. The van der Waals surface area contributed by atoms with Crippen LogP contribution in [0.15, 0.2) is 40.5 Å². The number of aromatic nitrogens is 4. The second-order valence-corrected chi connectivity index (χ2v) is 8.17. The number of nitrogens with one attached hydrogen (secondary N) is 1. The fraction of sp³-hybridized carbons (Fsp3) is 0.368. The Balaban J connectivity index is 1.55. The molecular formula is C19H22ClN7S. The van der Waals surface area contributed by atoms with E-state index in [1.165, 1.54) is 18.2 Å². The maximum Gasteiger partial charge on any atom is 0.179 e. The second kappa shape index (κ2) is 8.46. The highest BCUT2D eigenvalue weighted by Gasteiger charge is 2.17. The van der Waals surface area contributed by atoms with Gasteiger partial charge in [-0.3, -0.25) is 0 Å². The van der Waals surface area contributed by atoms with Gasteiger partial charge in [0.15, 0.2) is 5.65 Å². The van der Waals surface area contributed by atoms with Gasteiger partial charge in [-0.2, -0.15) is 0 Å². The summed E-state index contributed by atoms with van der Waals surface area (Å²) in [6, 6.07) is 6.28. The summed E-state index contributed by atoms with van der Waals surface area (Å²) in [6.45, 7) is 1.98. The normalized spacial score (nSPS) is 17.6. The van der Waals surface area contributed by atoms with Gasteiger partial charge in [0.05, 0.1) is 11.2 Å². The molecule has 146 valence electrons. The van der Waals surface area contributed by atoms with Crippen LogP contribution in [0.25, 0.3) is 11.2 Å². The predicted molar refractivity (Wildman–Crippen MR) is 114 cm³/mol. The summed E-state index contributed by atoms with van der Waals surface area (Å²) in [4.78, 5) is 21.1. The summed E-state index contributed by atoms with van der Waals surface area (Å²) in [7, 11) is 2.03. The average molecular weight is 416 g/mol. The summed E-state index contributed by atoms with van der Waals surface area (Å²) in [6.07, 6.45) is 6.91. The van der Waals surface area contributed by atoms with Crippen molar-refractivity contribution in [3.05, 3.63) is 35.6 Å². The Hall–Kier alpha value is -2.16. The molecule has 4 rings (SSSR count). The summed E-state index contributed by atoms with van der Waals surface area (Å²) < 4.78 is 0. The van der Waals surface area contributed by atoms with E-state index in [0.29, 0.717) is 22.5 Å². The number of hydrogen-bond acceptors (Lipinski definition) is 8. The van der Waals surface area contributed by atoms with Crippen LogP contribution in [-0.4, -0.2) is 46.1 Å². The first-order valence-electron chi connectivity index (χ1n) is 9.28. The third-order valence-electron chi connectivity index (χ3n) is 4.92. The van der Waals surface area contributed by atoms with E-state index in [-0.39, 0.29) is 0 Å². The zero-order valence-corrected chi connectivity index (χ0v) is 17.2. The summed E-state index contributed by atoms with van der Waals surface area (Å²) in [5.74, 6) is 1.23. The first-order valence-corrected chi connectivity index (χ1v) is 10.5. The highest BCUT2D eigenvalue weighted by molar-refractivity contribution is 7.99. The molecule has 0 radical (unpaired) electrons. The minimum Gasteiger partial charge on any atom is -0.382 e. The maximum atomic E-state index is 6.23. The van der Waals surface area contributed by atoms with Gasteiger partial charge in [-0.05, 0) is 44.5 Å². The fourth-order valence-corrected chi connectivity index (χ4v) is 4.38. The highest BCUT2D eigenvalue weighted by atomic mass is 35.5. The van der Waals surface area contributed by atoms with Crippen LogP contribution in [0.2, 0.25) is 5.02 Å². The maximum absolute atomic E-state index is 6.23. The molecule has 1 saturated heterocycles. The fourth-order valence-electron chi connectivity index (χ4n) is 3.33. The molecule has 7 nitrogen and oxygen atoms in total. The Morgan fingerprint density at radius 1 is 1.18 bits per heavy atom.